The molecule has 0 bridgehead atoms. The van der Waals surface area contributed by atoms with Crippen LogP contribution < -0.4 is 10.5 Å². The molecule has 2 aliphatic rings. The van der Waals surface area contributed by atoms with Crippen molar-refractivity contribution >= 4 is 16.0 Å². The first-order chi connectivity index (χ1) is 14.4. The molecule has 1 N–H and O–H groups in total. The number of piperidine rings is 1. The fraction of sp³-hybridized carbons (Fsp3) is 0.476. The fourth-order valence-electron chi connectivity index (χ4n) is 4.01. The van der Waals surface area contributed by atoms with Crippen molar-refractivity contribution in [2.24, 2.45) is 5.92 Å². The number of anilines is 1. The van der Waals surface area contributed by atoms with Crippen LogP contribution in [0.1, 0.15) is 38.2 Å². The van der Waals surface area contributed by atoms with Crippen LogP contribution in [-0.4, -0.2) is 48.9 Å². The first-order valence-electron chi connectivity index (χ1n) is 10.3. The Hall–Kier alpha value is -2.70. The van der Waals surface area contributed by atoms with E-state index in [1.54, 1.807) is 12.1 Å². The minimum atomic E-state index is -3.52. The molecule has 0 amide bonds. The predicted molar refractivity (Wildman–Crippen MR) is 114 cm³/mol. The zero-order valence-electron chi connectivity index (χ0n) is 17.0. The number of nitrogens with one attached hydrogen (secondary N) is 1. The zero-order valence-corrected chi connectivity index (χ0v) is 17.8. The second-order valence-corrected chi connectivity index (χ2v) is 9.97. The molecule has 0 unspecified atom stereocenters. The highest BCUT2D eigenvalue weighted by molar-refractivity contribution is 7.89. The Labute approximate surface area is 176 Å². The minimum absolute atomic E-state index is 0.0701. The van der Waals surface area contributed by atoms with Gasteiger partial charge in [-0.15, -0.1) is 0 Å². The van der Waals surface area contributed by atoms with Gasteiger partial charge in [0.1, 0.15) is 11.6 Å². The Kier molecular flexibility index (Phi) is 5.62. The monoisotopic (exact) mass is 427 g/mol. The second kappa shape index (κ2) is 8.20. The normalized spacial score (nSPS) is 18.5. The van der Waals surface area contributed by atoms with Gasteiger partial charge in [-0.2, -0.15) is 9.57 Å². The van der Waals surface area contributed by atoms with E-state index in [-0.39, 0.29) is 16.2 Å². The third-order valence-electron chi connectivity index (χ3n) is 5.93. The van der Waals surface area contributed by atoms with Gasteiger partial charge >= 0.3 is 0 Å². The summed E-state index contributed by atoms with van der Waals surface area (Å²) in [4.78, 5) is 22.1. The Balaban J connectivity index is 1.69. The van der Waals surface area contributed by atoms with Crippen molar-refractivity contribution in [2.45, 2.75) is 37.5 Å². The summed E-state index contributed by atoms with van der Waals surface area (Å²) in [5, 5.41) is 9.50. The molecule has 0 spiro atoms. The molecule has 0 saturated carbocycles. The van der Waals surface area contributed by atoms with Crippen molar-refractivity contribution in [3.8, 4) is 17.3 Å². The molecule has 2 fully saturated rings. The summed E-state index contributed by atoms with van der Waals surface area (Å²) in [6.45, 7) is 4.87. The number of nitrogens with zero attached hydrogens (tertiary/aromatic N) is 4. The molecule has 0 aliphatic carbocycles. The number of hydrogen-bond donors (Lipinski definition) is 1. The van der Waals surface area contributed by atoms with Crippen LogP contribution in [0.4, 0.5) is 5.95 Å². The van der Waals surface area contributed by atoms with Gasteiger partial charge in [0.15, 0.2) is 0 Å². The summed E-state index contributed by atoms with van der Waals surface area (Å²) in [6, 6.07) is 8.22. The van der Waals surface area contributed by atoms with E-state index < -0.39 is 15.6 Å². The van der Waals surface area contributed by atoms with Gasteiger partial charge < -0.3 is 4.90 Å². The second-order valence-electron chi connectivity index (χ2n) is 8.03. The Morgan fingerprint density at radius 2 is 1.73 bits per heavy atom. The number of benzene rings is 1. The molecule has 2 saturated heterocycles. The molecule has 1 aromatic heterocycles. The SMILES string of the molecule is CC1CCN(c2nc(-c3ccc(S(=O)(=O)N4CCCC4)cc3)c(C#N)c(=O)[nH]2)CC1. The van der Waals surface area contributed by atoms with Gasteiger partial charge in [-0.1, -0.05) is 19.1 Å². The third kappa shape index (κ3) is 3.85. The average Bonchev–Trinajstić information content (AvgIpc) is 3.30. The van der Waals surface area contributed by atoms with E-state index in [1.165, 1.54) is 16.4 Å². The largest absolute Gasteiger partial charge is 0.342 e. The highest BCUT2D eigenvalue weighted by Crippen LogP contribution is 2.27. The average molecular weight is 428 g/mol. The summed E-state index contributed by atoms with van der Waals surface area (Å²) in [5.74, 6) is 1.09. The molecule has 8 nitrogen and oxygen atoms in total. The van der Waals surface area contributed by atoms with Crippen LogP contribution in [0.2, 0.25) is 0 Å². The number of sulfonamides is 1. The molecule has 158 valence electrons. The Morgan fingerprint density at radius 3 is 2.33 bits per heavy atom. The summed E-state index contributed by atoms with van der Waals surface area (Å²) < 4.78 is 27.0. The number of aromatic nitrogens is 2. The summed E-state index contributed by atoms with van der Waals surface area (Å²) in [7, 11) is -3.52. The lowest BCUT2D eigenvalue weighted by atomic mass is 9.99. The molecular formula is C21H25N5O3S. The number of nitriles is 1. The highest BCUT2D eigenvalue weighted by atomic mass is 32.2. The van der Waals surface area contributed by atoms with Crippen molar-refractivity contribution in [3.63, 3.8) is 0 Å². The van der Waals surface area contributed by atoms with E-state index in [2.05, 4.69) is 16.9 Å². The van der Waals surface area contributed by atoms with Gasteiger partial charge in [0.25, 0.3) is 5.56 Å². The van der Waals surface area contributed by atoms with Gasteiger partial charge in [-0.3, -0.25) is 9.78 Å². The summed E-state index contributed by atoms with van der Waals surface area (Å²) in [6.07, 6.45) is 3.78. The number of hydrogen-bond acceptors (Lipinski definition) is 6. The standard InChI is InChI=1S/C21H25N5O3S/c1-15-8-12-25(13-9-15)21-23-19(18(14-22)20(27)24-21)16-4-6-17(7-5-16)30(28,29)26-10-2-3-11-26/h4-7,15H,2-3,8-13H2,1H3,(H,23,24,27). The van der Waals surface area contributed by atoms with E-state index in [4.69, 9.17) is 0 Å². The van der Waals surface area contributed by atoms with Crippen LogP contribution >= 0.6 is 0 Å². The van der Waals surface area contributed by atoms with Gasteiger partial charge in [0.05, 0.1) is 10.6 Å². The Morgan fingerprint density at radius 1 is 1.10 bits per heavy atom. The maximum atomic E-state index is 12.7. The number of H-pyrrole nitrogens is 1. The van der Waals surface area contributed by atoms with Crippen molar-refractivity contribution in [2.75, 3.05) is 31.1 Å². The maximum absolute atomic E-state index is 12.7. The molecule has 4 rings (SSSR count). The summed E-state index contributed by atoms with van der Waals surface area (Å²) >= 11 is 0. The Bertz CT molecular complexity index is 1120. The topological polar surface area (TPSA) is 110 Å². The first-order valence-corrected chi connectivity index (χ1v) is 11.7. The van der Waals surface area contributed by atoms with Crippen molar-refractivity contribution in [1.82, 2.24) is 14.3 Å². The van der Waals surface area contributed by atoms with Crippen LogP contribution in [0.25, 0.3) is 11.3 Å². The van der Waals surface area contributed by atoms with E-state index >= 15 is 0 Å². The molecule has 0 radical (unpaired) electrons. The van der Waals surface area contributed by atoms with Crippen molar-refractivity contribution < 1.29 is 8.42 Å². The van der Waals surface area contributed by atoms with E-state index in [1.807, 2.05) is 11.0 Å². The van der Waals surface area contributed by atoms with Gasteiger partial charge in [-0.05, 0) is 43.7 Å². The van der Waals surface area contributed by atoms with Gasteiger partial charge in [0.2, 0.25) is 16.0 Å². The maximum Gasteiger partial charge on any atom is 0.270 e. The molecule has 2 aromatic rings. The first kappa shape index (κ1) is 20.6. The lowest BCUT2D eigenvalue weighted by Gasteiger charge is -2.30. The quantitative estimate of drug-likeness (QED) is 0.802. The molecule has 3 heterocycles. The van der Waals surface area contributed by atoms with Crippen LogP contribution in [0.15, 0.2) is 34.0 Å². The predicted octanol–water partition coefficient (Wildman–Crippen LogP) is 2.33. The van der Waals surface area contributed by atoms with Crippen LogP contribution in [0.5, 0.6) is 0 Å². The number of rotatable bonds is 4. The third-order valence-corrected chi connectivity index (χ3v) is 7.85. The van der Waals surface area contributed by atoms with E-state index in [9.17, 15) is 18.5 Å². The lowest BCUT2D eigenvalue weighted by Crippen LogP contribution is -2.35. The van der Waals surface area contributed by atoms with Crippen molar-refractivity contribution in [1.29, 1.82) is 5.26 Å². The van der Waals surface area contributed by atoms with E-state index in [0.29, 0.717) is 30.5 Å². The molecule has 1 aromatic carbocycles. The van der Waals surface area contributed by atoms with Crippen LogP contribution in [0.3, 0.4) is 0 Å². The molecule has 30 heavy (non-hydrogen) atoms. The minimum Gasteiger partial charge on any atom is -0.342 e. The highest BCUT2D eigenvalue weighted by Gasteiger charge is 2.27. The van der Waals surface area contributed by atoms with Gasteiger partial charge in [0, 0.05) is 31.7 Å². The van der Waals surface area contributed by atoms with Crippen LogP contribution in [0, 0.1) is 17.2 Å². The number of aromatic amines is 1. The van der Waals surface area contributed by atoms with Crippen LogP contribution in [-0.2, 0) is 10.0 Å². The van der Waals surface area contributed by atoms with E-state index in [0.717, 1.165) is 38.8 Å². The molecule has 2 aliphatic heterocycles. The van der Waals surface area contributed by atoms with Crippen molar-refractivity contribution in [3.05, 3.63) is 40.2 Å². The molecular weight excluding hydrogens is 402 g/mol. The fourth-order valence-corrected chi connectivity index (χ4v) is 5.52. The smallest absolute Gasteiger partial charge is 0.270 e. The lowest BCUT2D eigenvalue weighted by molar-refractivity contribution is 0.434. The zero-order chi connectivity index (χ0) is 21.3. The van der Waals surface area contributed by atoms with Gasteiger partial charge in [-0.25, -0.2) is 13.4 Å². The molecule has 9 heteroatoms. The molecule has 0 atom stereocenters. The summed E-state index contributed by atoms with van der Waals surface area (Å²) in [5.41, 5.74) is 0.272.